The van der Waals surface area contributed by atoms with E-state index in [2.05, 4.69) is 82.3 Å². The molecular formula is C49H58ClF3N8O6S2. The number of nitrogens with one attached hydrogen (secondary N) is 4. The van der Waals surface area contributed by atoms with E-state index >= 15 is 0 Å². The predicted octanol–water partition coefficient (Wildman–Crippen LogP) is 9.39. The molecule has 2 saturated heterocycles. The maximum Gasteiger partial charge on any atom is 0.501 e. The van der Waals surface area contributed by atoms with E-state index in [1.165, 1.54) is 29.0 Å². The molecule has 2 fully saturated rings. The highest BCUT2D eigenvalue weighted by Gasteiger charge is 2.48. The molecule has 0 atom stereocenters. The monoisotopic (exact) mass is 1010 g/mol. The summed E-state index contributed by atoms with van der Waals surface area (Å²) in [6.07, 6.45) is 7.46. The molecule has 0 saturated carbocycles. The molecule has 69 heavy (non-hydrogen) atoms. The third kappa shape index (κ3) is 11.6. The number of fused-ring (bicyclic) bond motifs is 1. The lowest BCUT2D eigenvalue weighted by molar-refractivity contribution is -0.0435. The lowest BCUT2D eigenvalue weighted by atomic mass is 9.72. The highest BCUT2D eigenvalue weighted by Crippen LogP contribution is 2.44. The number of H-pyrrole nitrogens is 1. The second-order valence-corrected chi connectivity index (χ2v) is 23.8. The van der Waals surface area contributed by atoms with Gasteiger partial charge in [-0.2, -0.15) is 13.2 Å². The third-order valence-corrected chi connectivity index (χ3v) is 16.4. The van der Waals surface area contributed by atoms with Gasteiger partial charge in [-0.15, -0.1) is 0 Å². The molecule has 3 aromatic carbocycles. The van der Waals surface area contributed by atoms with Crippen LogP contribution in [0.3, 0.4) is 0 Å². The van der Waals surface area contributed by atoms with Gasteiger partial charge in [-0.05, 0) is 124 Å². The molecule has 20 heteroatoms. The van der Waals surface area contributed by atoms with Crippen LogP contribution in [0.15, 0.2) is 101 Å². The SMILES string of the molecule is CC1(C)CCC(CN2CCN(c3ccc(C(=O)NS(=O)(=O)c4ccc(NNC5CCN(C(C)(C)C)CC5)c(S(=O)(=O)C(F)(F)F)c4)c(Oc4cnc5[nH]ccc5c4)c3)CC2)=C(c2ccc(Cl)cc2)C1. The first-order chi connectivity index (χ1) is 32.5. The Balaban J connectivity index is 1.02. The van der Waals surface area contributed by atoms with Crippen LogP contribution in [0.5, 0.6) is 11.5 Å². The van der Waals surface area contributed by atoms with E-state index in [1.54, 1.807) is 30.5 Å². The number of sulfonamides is 1. The number of aromatic nitrogens is 2. The van der Waals surface area contributed by atoms with Crippen molar-refractivity contribution in [3.63, 3.8) is 0 Å². The van der Waals surface area contributed by atoms with Gasteiger partial charge in [0.25, 0.3) is 25.8 Å². The van der Waals surface area contributed by atoms with E-state index in [0.29, 0.717) is 66.8 Å². The number of alkyl halides is 3. The quantitative estimate of drug-likeness (QED) is 0.0827. The van der Waals surface area contributed by atoms with Gasteiger partial charge in [-0.3, -0.25) is 14.6 Å². The summed E-state index contributed by atoms with van der Waals surface area (Å²) in [7, 11) is -11.1. The smallest absolute Gasteiger partial charge is 0.455 e. The number of carbonyl (C=O) groups excluding carboxylic acids is 1. The zero-order chi connectivity index (χ0) is 49.5. The summed E-state index contributed by atoms with van der Waals surface area (Å²) in [5.41, 5.74) is 4.42. The summed E-state index contributed by atoms with van der Waals surface area (Å²) in [6.45, 7) is 15.9. The number of benzene rings is 3. The number of rotatable bonds is 13. The minimum atomic E-state index is -6.08. The average molecular weight is 1010 g/mol. The van der Waals surface area contributed by atoms with Gasteiger partial charge in [0.15, 0.2) is 0 Å². The molecule has 14 nitrogen and oxygen atoms in total. The Morgan fingerprint density at radius 3 is 2.30 bits per heavy atom. The Bertz CT molecular complexity index is 2960. The third-order valence-electron chi connectivity index (χ3n) is 13.3. The number of halogens is 4. The van der Waals surface area contributed by atoms with Crippen molar-refractivity contribution < 1.29 is 39.5 Å². The van der Waals surface area contributed by atoms with Gasteiger partial charge in [-0.1, -0.05) is 43.2 Å². The molecule has 3 aliphatic rings. The molecule has 4 N–H and O–H groups in total. The molecular weight excluding hydrogens is 953 g/mol. The van der Waals surface area contributed by atoms with Crippen molar-refractivity contribution >= 4 is 65.3 Å². The van der Waals surface area contributed by atoms with Gasteiger partial charge in [0.05, 0.1) is 22.3 Å². The zero-order valence-corrected chi connectivity index (χ0v) is 41.6. The number of allylic oxidation sites excluding steroid dienone is 1. The second kappa shape index (κ2) is 19.5. The van der Waals surface area contributed by atoms with Crippen LogP contribution in [0.2, 0.25) is 5.02 Å². The maximum atomic E-state index is 14.1. The van der Waals surface area contributed by atoms with Crippen molar-refractivity contribution in [1.29, 1.82) is 0 Å². The van der Waals surface area contributed by atoms with Gasteiger partial charge >= 0.3 is 5.51 Å². The van der Waals surface area contributed by atoms with Crippen LogP contribution in [-0.2, 0) is 19.9 Å². The average Bonchev–Trinajstić information content (AvgIpc) is 3.77. The Kier molecular flexibility index (Phi) is 14.2. The maximum absolute atomic E-state index is 14.1. The highest BCUT2D eigenvalue weighted by molar-refractivity contribution is 7.92. The van der Waals surface area contributed by atoms with Crippen LogP contribution in [0.4, 0.5) is 24.5 Å². The van der Waals surface area contributed by atoms with E-state index in [9.17, 15) is 34.8 Å². The molecule has 2 aliphatic heterocycles. The number of amides is 1. The number of anilines is 2. The van der Waals surface area contributed by atoms with E-state index < -0.39 is 46.8 Å². The van der Waals surface area contributed by atoms with Gasteiger partial charge in [-0.25, -0.2) is 32.0 Å². The fraction of sp³-hybridized carbons (Fsp3) is 0.429. The van der Waals surface area contributed by atoms with E-state index in [1.807, 2.05) is 16.9 Å². The highest BCUT2D eigenvalue weighted by atomic mass is 35.5. The number of hydrogen-bond acceptors (Lipinski definition) is 12. The Morgan fingerprint density at radius 2 is 1.62 bits per heavy atom. The predicted molar refractivity (Wildman–Crippen MR) is 263 cm³/mol. The molecule has 0 bridgehead atoms. The van der Waals surface area contributed by atoms with Crippen LogP contribution < -0.4 is 25.2 Å². The molecule has 1 amide bonds. The number of aromatic amines is 1. The molecule has 1 aliphatic carbocycles. The largest absolute Gasteiger partial charge is 0.501 e. The first-order valence-corrected chi connectivity index (χ1v) is 26.3. The number of pyridine rings is 1. The molecule has 0 spiro atoms. The van der Waals surface area contributed by atoms with E-state index in [-0.39, 0.29) is 34.1 Å². The van der Waals surface area contributed by atoms with Gasteiger partial charge in [0.1, 0.15) is 22.0 Å². The van der Waals surface area contributed by atoms with Crippen molar-refractivity contribution in [3.8, 4) is 11.5 Å². The molecule has 2 aromatic heterocycles. The number of ether oxygens (including phenoxy) is 1. The van der Waals surface area contributed by atoms with Crippen molar-refractivity contribution in [2.24, 2.45) is 5.41 Å². The van der Waals surface area contributed by atoms with Gasteiger partial charge in [0, 0.05) is 85.8 Å². The molecule has 0 unspecified atom stereocenters. The lowest BCUT2D eigenvalue weighted by Gasteiger charge is -2.41. The number of nitrogens with zero attached hydrogens (tertiary/aromatic N) is 4. The molecule has 0 radical (unpaired) electrons. The van der Waals surface area contributed by atoms with Crippen molar-refractivity contribution in [2.75, 3.05) is 56.1 Å². The van der Waals surface area contributed by atoms with E-state index in [0.717, 1.165) is 51.0 Å². The number of sulfone groups is 1. The summed E-state index contributed by atoms with van der Waals surface area (Å²) in [6, 6.07) is 18.3. The van der Waals surface area contributed by atoms with Crippen molar-refractivity contribution in [1.82, 2.24) is 29.9 Å². The number of piperidine rings is 1. The summed E-state index contributed by atoms with van der Waals surface area (Å²) in [5, 5.41) is 1.41. The Morgan fingerprint density at radius 1 is 0.913 bits per heavy atom. The normalized spacial score (nSPS) is 18.1. The van der Waals surface area contributed by atoms with Crippen LogP contribution in [0, 0.1) is 5.41 Å². The minimum absolute atomic E-state index is 0.0128. The van der Waals surface area contributed by atoms with Crippen LogP contribution >= 0.6 is 11.6 Å². The topological polar surface area (TPSA) is 169 Å². The molecule has 4 heterocycles. The summed E-state index contributed by atoms with van der Waals surface area (Å²) < 4.78 is 104. The minimum Gasteiger partial charge on any atom is -0.455 e. The first kappa shape index (κ1) is 50.2. The van der Waals surface area contributed by atoms with Crippen LogP contribution in [0.1, 0.15) is 82.6 Å². The second-order valence-electron chi connectivity index (χ2n) is 19.8. The number of carbonyl (C=O) groups is 1. The first-order valence-electron chi connectivity index (χ1n) is 22.9. The standard InChI is InChI=1S/C49H58ClF3N8O6S2/c1-47(2,3)61-20-16-36(17-21-61)56-57-42-13-11-39(28-44(42)68(63,64)49(51,52)53)69(65,66)58-46(62)40-12-10-37(27-43(40)67-38-26-33-15-19-54-45(33)55-30-38)60-24-22-59(23-25-60)31-34-14-18-48(4,5)29-41(34)32-6-8-35(50)9-7-32/h6-13,15,19,26-28,30,36,56-57H,14,16-18,20-25,29,31H2,1-5H3,(H,54,55)(H,58,62). The lowest BCUT2D eigenvalue weighted by Crippen LogP contribution is -2.50. The number of piperazine rings is 1. The van der Waals surface area contributed by atoms with E-state index in [4.69, 9.17) is 16.3 Å². The zero-order valence-electron chi connectivity index (χ0n) is 39.2. The summed E-state index contributed by atoms with van der Waals surface area (Å²) in [5.74, 6) is -0.927. The Hall–Kier alpha value is -5.18. The molecule has 370 valence electrons. The molecule has 8 rings (SSSR count). The number of likely N-dealkylation sites (tertiary alicyclic amines) is 1. The van der Waals surface area contributed by atoms with Crippen LogP contribution in [0.25, 0.3) is 16.6 Å². The fourth-order valence-electron chi connectivity index (χ4n) is 9.21. The Labute approximate surface area is 406 Å². The number of hydrogen-bond donors (Lipinski definition) is 4. The van der Waals surface area contributed by atoms with Gasteiger partial charge in [0.2, 0.25) is 0 Å². The fourth-order valence-corrected chi connectivity index (χ4v) is 11.3. The van der Waals surface area contributed by atoms with Crippen LogP contribution in [-0.4, -0.2) is 105 Å². The summed E-state index contributed by atoms with van der Waals surface area (Å²) in [4.78, 5) is 26.1. The van der Waals surface area contributed by atoms with Gasteiger partial charge < -0.3 is 20.0 Å². The van der Waals surface area contributed by atoms with Crippen molar-refractivity contribution in [2.45, 2.75) is 93.6 Å². The molecule has 5 aromatic rings. The summed E-state index contributed by atoms with van der Waals surface area (Å²) >= 11 is 6.24. The number of hydrazine groups is 1. The van der Waals surface area contributed by atoms with Crippen molar-refractivity contribution in [3.05, 3.63) is 107 Å².